The number of aryl methyl sites for hydroxylation is 1. The van der Waals surface area contributed by atoms with E-state index in [4.69, 9.17) is 21.1 Å². The van der Waals surface area contributed by atoms with Crippen LogP contribution in [0.2, 0.25) is 5.02 Å². The van der Waals surface area contributed by atoms with Crippen molar-refractivity contribution in [3.8, 4) is 0 Å². The van der Waals surface area contributed by atoms with Crippen molar-refractivity contribution in [1.82, 2.24) is 4.98 Å². The number of carbonyl (C=O) groups excluding carboxylic acids is 2. The Morgan fingerprint density at radius 3 is 2.57 bits per heavy atom. The van der Waals surface area contributed by atoms with Gasteiger partial charge in [-0.1, -0.05) is 11.6 Å². The zero-order chi connectivity index (χ0) is 16.8. The fourth-order valence-corrected chi connectivity index (χ4v) is 3.30. The van der Waals surface area contributed by atoms with Gasteiger partial charge in [-0.3, -0.25) is 0 Å². The first-order valence-corrected chi connectivity index (χ1v) is 7.95. The Hall–Kier alpha value is -2.12. The number of halogens is 1. The molecule has 23 heavy (non-hydrogen) atoms. The second-order valence-electron chi connectivity index (χ2n) is 5.39. The molecule has 1 aromatic carbocycles. The molecule has 0 radical (unpaired) electrons. The molecule has 3 rings (SSSR count). The number of cyclic esters (lactones) is 2. The maximum absolute atomic E-state index is 11.9. The molecule has 120 valence electrons. The molecule has 0 bridgehead atoms. The van der Waals surface area contributed by atoms with E-state index in [0.29, 0.717) is 10.7 Å². The van der Waals surface area contributed by atoms with Gasteiger partial charge in [-0.25, -0.2) is 14.6 Å². The van der Waals surface area contributed by atoms with Gasteiger partial charge in [-0.05, 0) is 19.1 Å². The van der Waals surface area contributed by atoms with E-state index in [-0.39, 0.29) is 5.57 Å². The molecule has 1 aromatic heterocycles. The van der Waals surface area contributed by atoms with Gasteiger partial charge in [0.15, 0.2) is 5.57 Å². The molecule has 0 saturated carbocycles. The SMILES string of the molecule is Cc1nc2ccc(NC=C3C(=O)OC(C)(C)OC3=O)c(Cl)c2s1. The predicted octanol–water partition coefficient (Wildman–Crippen LogP) is 3.39. The van der Waals surface area contributed by atoms with Crippen molar-refractivity contribution < 1.29 is 19.1 Å². The standard InChI is InChI=1S/C15H13ClN2O4S/c1-7-18-10-5-4-9(11(16)12(10)23-7)17-6-8-13(19)21-15(2,3)22-14(8)20/h4-6,17H,1-3H3. The van der Waals surface area contributed by atoms with E-state index in [1.54, 1.807) is 6.07 Å². The first kappa shape index (κ1) is 15.8. The monoisotopic (exact) mass is 352 g/mol. The Bertz CT molecular complexity index is 835. The van der Waals surface area contributed by atoms with E-state index in [1.165, 1.54) is 31.4 Å². The Labute approximate surface area is 141 Å². The highest BCUT2D eigenvalue weighted by atomic mass is 35.5. The lowest BCUT2D eigenvalue weighted by Gasteiger charge is -2.29. The molecule has 0 atom stereocenters. The largest absolute Gasteiger partial charge is 0.419 e. The average molecular weight is 353 g/mol. The Kier molecular flexibility index (Phi) is 3.77. The van der Waals surface area contributed by atoms with Crippen LogP contribution in [0.15, 0.2) is 23.9 Å². The van der Waals surface area contributed by atoms with Crippen molar-refractivity contribution in [1.29, 1.82) is 0 Å². The molecular formula is C15H13ClN2O4S. The lowest BCUT2D eigenvalue weighted by Crippen LogP contribution is -2.42. The molecule has 0 amide bonds. The van der Waals surface area contributed by atoms with Gasteiger partial charge in [-0.2, -0.15) is 0 Å². The number of anilines is 1. The van der Waals surface area contributed by atoms with Gasteiger partial charge in [0.05, 0.1) is 25.9 Å². The first-order valence-electron chi connectivity index (χ1n) is 6.76. The number of thiazole rings is 1. The van der Waals surface area contributed by atoms with E-state index in [2.05, 4.69) is 10.3 Å². The number of carbonyl (C=O) groups is 2. The minimum absolute atomic E-state index is 0.221. The summed E-state index contributed by atoms with van der Waals surface area (Å²) >= 11 is 7.81. The second-order valence-corrected chi connectivity index (χ2v) is 6.97. The molecule has 0 aliphatic carbocycles. The normalized spacial score (nSPS) is 17.0. The van der Waals surface area contributed by atoms with Crippen LogP contribution >= 0.6 is 22.9 Å². The minimum atomic E-state index is -1.26. The minimum Gasteiger partial charge on any atom is -0.419 e. The topological polar surface area (TPSA) is 77.5 Å². The number of fused-ring (bicyclic) bond motifs is 1. The third kappa shape index (κ3) is 3.02. The molecule has 6 nitrogen and oxygen atoms in total. The number of nitrogens with one attached hydrogen (secondary N) is 1. The van der Waals surface area contributed by atoms with Crippen LogP contribution in [0.4, 0.5) is 5.69 Å². The van der Waals surface area contributed by atoms with Crippen LogP contribution in [0.5, 0.6) is 0 Å². The number of rotatable bonds is 2. The summed E-state index contributed by atoms with van der Waals surface area (Å²) in [4.78, 5) is 28.1. The number of benzene rings is 1. The molecule has 0 spiro atoms. The molecule has 1 saturated heterocycles. The van der Waals surface area contributed by atoms with Crippen LogP contribution in [0.25, 0.3) is 10.2 Å². The Balaban J connectivity index is 1.89. The van der Waals surface area contributed by atoms with Gasteiger partial charge in [0.25, 0.3) is 5.79 Å². The lowest BCUT2D eigenvalue weighted by molar-refractivity contribution is -0.222. The molecule has 1 aliphatic rings. The second kappa shape index (κ2) is 5.50. The molecule has 1 N–H and O–H groups in total. The Morgan fingerprint density at radius 1 is 1.26 bits per heavy atom. The highest BCUT2D eigenvalue weighted by Crippen LogP contribution is 2.35. The van der Waals surface area contributed by atoms with E-state index in [1.807, 2.05) is 13.0 Å². The van der Waals surface area contributed by atoms with Crippen molar-refractivity contribution in [2.45, 2.75) is 26.6 Å². The maximum atomic E-state index is 11.9. The molecule has 2 aromatic rings. The number of hydrogen-bond acceptors (Lipinski definition) is 7. The molecule has 0 unspecified atom stereocenters. The fraction of sp³-hybridized carbons (Fsp3) is 0.267. The van der Waals surface area contributed by atoms with E-state index < -0.39 is 17.7 Å². The smallest absolute Gasteiger partial charge is 0.350 e. The van der Waals surface area contributed by atoms with Gasteiger partial charge in [0.1, 0.15) is 0 Å². The molecule has 1 fully saturated rings. The lowest BCUT2D eigenvalue weighted by atomic mass is 10.2. The summed E-state index contributed by atoms with van der Waals surface area (Å²) in [6.45, 7) is 4.87. The maximum Gasteiger partial charge on any atom is 0.350 e. The third-order valence-corrected chi connectivity index (χ3v) is 4.60. The van der Waals surface area contributed by atoms with Crippen LogP contribution in [0.1, 0.15) is 18.9 Å². The van der Waals surface area contributed by atoms with E-state index in [0.717, 1.165) is 15.2 Å². The van der Waals surface area contributed by atoms with Crippen LogP contribution in [0.3, 0.4) is 0 Å². The Morgan fingerprint density at radius 2 is 1.91 bits per heavy atom. The van der Waals surface area contributed by atoms with Gasteiger partial charge < -0.3 is 14.8 Å². The van der Waals surface area contributed by atoms with Gasteiger partial charge >= 0.3 is 11.9 Å². The first-order chi connectivity index (χ1) is 10.8. The number of ether oxygens (including phenoxy) is 2. The highest BCUT2D eigenvalue weighted by Gasteiger charge is 2.38. The molecule has 8 heteroatoms. The van der Waals surface area contributed by atoms with Crippen LogP contribution in [-0.2, 0) is 19.1 Å². The fourth-order valence-electron chi connectivity index (χ4n) is 2.11. The number of aromatic nitrogens is 1. The van der Waals surface area contributed by atoms with E-state index >= 15 is 0 Å². The zero-order valence-electron chi connectivity index (χ0n) is 12.6. The highest BCUT2D eigenvalue weighted by molar-refractivity contribution is 7.19. The van der Waals surface area contributed by atoms with Gasteiger partial charge in [0.2, 0.25) is 0 Å². The summed E-state index contributed by atoms with van der Waals surface area (Å²) in [5, 5.41) is 4.23. The van der Waals surface area contributed by atoms with Crippen molar-refractivity contribution in [3.05, 3.63) is 33.9 Å². The quantitative estimate of drug-likeness (QED) is 0.507. The van der Waals surface area contributed by atoms with E-state index in [9.17, 15) is 9.59 Å². The zero-order valence-corrected chi connectivity index (χ0v) is 14.2. The average Bonchev–Trinajstić information content (AvgIpc) is 2.80. The predicted molar refractivity (Wildman–Crippen MR) is 87.3 cm³/mol. The summed E-state index contributed by atoms with van der Waals surface area (Å²) in [5.74, 6) is -2.75. The number of nitrogens with zero attached hydrogens (tertiary/aromatic N) is 1. The molecule has 1 aliphatic heterocycles. The van der Waals surface area contributed by atoms with Crippen LogP contribution in [-0.4, -0.2) is 22.7 Å². The number of esters is 2. The van der Waals surface area contributed by atoms with Crippen LogP contribution < -0.4 is 5.32 Å². The summed E-state index contributed by atoms with van der Waals surface area (Å²) in [5.41, 5.74) is 1.13. The summed E-state index contributed by atoms with van der Waals surface area (Å²) < 4.78 is 10.9. The number of hydrogen-bond donors (Lipinski definition) is 1. The summed E-state index contributed by atoms with van der Waals surface area (Å²) in [6, 6.07) is 3.54. The van der Waals surface area contributed by atoms with Crippen molar-refractivity contribution in [3.63, 3.8) is 0 Å². The summed E-state index contributed by atoms with van der Waals surface area (Å²) in [7, 11) is 0. The molecular weight excluding hydrogens is 340 g/mol. The van der Waals surface area contributed by atoms with Crippen molar-refractivity contribution in [2.75, 3.05) is 5.32 Å². The van der Waals surface area contributed by atoms with Crippen molar-refractivity contribution >= 4 is 50.8 Å². The summed E-state index contributed by atoms with van der Waals surface area (Å²) in [6.07, 6.45) is 1.24. The third-order valence-electron chi connectivity index (χ3n) is 3.09. The van der Waals surface area contributed by atoms with Crippen molar-refractivity contribution in [2.24, 2.45) is 0 Å². The molecule has 2 heterocycles. The van der Waals surface area contributed by atoms with Crippen LogP contribution in [0, 0.1) is 6.92 Å². The van der Waals surface area contributed by atoms with Gasteiger partial charge in [-0.15, -0.1) is 11.3 Å². The van der Waals surface area contributed by atoms with Gasteiger partial charge in [0, 0.05) is 20.0 Å².